The maximum Gasteiger partial charge on any atom is 0.147 e. The van der Waals surface area contributed by atoms with E-state index < -0.39 is 0 Å². The van der Waals surface area contributed by atoms with Gasteiger partial charge in [-0.25, -0.2) is 0 Å². The molecule has 0 aromatic heterocycles. The van der Waals surface area contributed by atoms with E-state index in [9.17, 15) is 0 Å². The quantitative estimate of drug-likeness (QED) is 0.917. The number of rotatable bonds is 4. The molecule has 3 nitrogen and oxygen atoms in total. The van der Waals surface area contributed by atoms with Gasteiger partial charge in [0.15, 0.2) is 0 Å². The number of halogens is 2. The summed E-state index contributed by atoms with van der Waals surface area (Å²) in [6.07, 6.45) is 0. The van der Waals surface area contributed by atoms with Crippen molar-refractivity contribution in [3.05, 3.63) is 52.0 Å². The van der Waals surface area contributed by atoms with Crippen molar-refractivity contribution in [1.82, 2.24) is 0 Å². The van der Waals surface area contributed by atoms with Crippen LogP contribution in [0.4, 0.5) is 0 Å². The highest BCUT2D eigenvalue weighted by atomic mass is 35.5. The summed E-state index contributed by atoms with van der Waals surface area (Å²) < 4.78 is 10.9. The molecule has 0 amide bonds. The van der Waals surface area contributed by atoms with Crippen LogP contribution in [0.1, 0.15) is 5.56 Å². The highest BCUT2D eigenvalue weighted by molar-refractivity contribution is 6.34. The molecule has 0 aliphatic rings. The van der Waals surface area contributed by atoms with E-state index in [4.69, 9.17) is 38.4 Å². The van der Waals surface area contributed by atoms with Crippen LogP contribution in [-0.2, 0) is 6.54 Å². The zero-order chi connectivity index (χ0) is 13.8. The maximum atomic E-state index is 6.07. The lowest BCUT2D eigenvalue weighted by Crippen LogP contribution is -2.00. The smallest absolute Gasteiger partial charge is 0.147 e. The van der Waals surface area contributed by atoms with E-state index in [1.165, 1.54) is 0 Å². The fraction of sp³-hybridized carbons (Fsp3) is 0.143. The Hall–Kier alpha value is -1.42. The minimum atomic E-state index is 0.359. The van der Waals surface area contributed by atoms with Crippen LogP contribution >= 0.6 is 23.2 Å². The van der Waals surface area contributed by atoms with Crippen LogP contribution < -0.4 is 15.2 Å². The summed E-state index contributed by atoms with van der Waals surface area (Å²) in [6.45, 7) is 0.359. The largest absolute Gasteiger partial charge is 0.497 e. The van der Waals surface area contributed by atoms with Gasteiger partial charge in [0.05, 0.1) is 12.1 Å². The molecule has 2 rings (SSSR count). The zero-order valence-corrected chi connectivity index (χ0v) is 11.8. The van der Waals surface area contributed by atoms with Crippen LogP contribution in [0.15, 0.2) is 36.4 Å². The third-order valence-corrected chi connectivity index (χ3v) is 3.15. The first kappa shape index (κ1) is 14.0. The topological polar surface area (TPSA) is 44.5 Å². The van der Waals surface area contributed by atoms with Gasteiger partial charge in [-0.05, 0) is 18.2 Å². The lowest BCUT2D eigenvalue weighted by Gasteiger charge is -2.12. The molecule has 0 saturated carbocycles. The molecule has 0 heterocycles. The van der Waals surface area contributed by atoms with Gasteiger partial charge in [-0.2, -0.15) is 0 Å². The van der Waals surface area contributed by atoms with Crippen molar-refractivity contribution in [3.63, 3.8) is 0 Å². The molecule has 0 spiro atoms. The van der Waals surface area contributed by atoms with Crippen molar-refractivity contribution < 1.29 is 9.47 Å². The normalized spacial score (nSPS) is 10.3. The van der Waals surface area contributed by atoms with Crippen molar-refractivity contribution in [2.75, 3.05) is 7.11 Å². The number of nitrogens with two attached hydrogens (primary N) is 1. The van der Waals surface area contributed by atoms with Gasteiger partial charge < -0.3 is 15.2 Å². The number of hydrogen-bond acceptors (Lipinski definition) is 3. The summed E-state index contributed by atoms with van der Waals surface area (Å²) >= 11 is 12.0. The Morgan fingerprint density at radius 3 is 2.53 bits per heavy atom. The Labute approximate surface area is 121 Å². The van der Waals surface area contributed by atoms with E-state index in [2.05, 4.69) is 0 Å². The zero-order valence-electron chi connectivity index (χ0n) is 10.3. The number of ether oxygens (including phenoxy) is 2. The Morgan fingerprint density at radius 2 is 1.84 bits per heavy atom. The van der Waals surface area contributed by atoms with E-state index in [0.29, 0.717) is 33.8 Å². The Kier molecular flexibility index (Phi) is 4.53. The second kappa shape index (κ2) is 6.15. The Balaban J connectivity index is 2.38. The summed E-state index contributed by atoms with van der Waals surface area (Å²) in [4.78, 5) is 0. The predicted molar refractivity (Wildman–Crippen MR) is 77.4 cm³/mol. The first-order valence-corrected chi connectivity index (χ1v) is 6.39. The average molecular weight is 298 g/mol. The van der Waals surface area contributed by atoms with E-state index in [1.807, 2.05) is 12.1 Å². The minimum Gasteiger partial charge on any atom is -0.497 e. The van der Waals surface area contributed by atoms with Gasteiger partial charge in [-0.1, -0.05) is 29.3 Å². The average Bonchev–Trinajstić information content (AvgIpc) is 2.42. The summed E-state index contributed by atoms with van der Waals surface area (Å²) in [5.41, 5.74) is 6.54. The van der Waals surface area contributed by atoms with E-state index in [1.54, 1.807) is 31.4 Å². The lowest BCUT2D eigenvalue weighted by molar-refractivity contribution is 0.408. The van der Waals surface area contributed by atoms with Gasteiger partial charge >= 0.3 is 0 Å². The minimum absolute atomic E-state index is 0.359. The highest BCUT2D eigenvalue weighted by Gasteiger charge is 2.09. The third-order valence-electron chi connectivity index (χ3n) is 2.61. The van der Waals surface area contributed by atoms with Gasteiger partial charge in [0, 0.05) is 29.3 Å². The van der Waals surface area contributed by atoms with Crippen molar-refractivity contribution in [2.24, 2.45) is 5.73 Å². The second-order valence-electron chi connectivity index (χ2n) is 3.85. The molecule has 0 aliphatic carbocycles. The van der Waals surface area contributed by atoms with Crippen molar-refractivity contribution in [1.29, 1.82) is 0 Å². The summed E-state index contributed by atoms with van der Waals surface area (Å²) in [6, 6.07) is 10.5. The first-order valence-electron chi connectivity index (χ1n) is 5.64. The number of hydrogen-bond donors (Lipinski definition) is 1. The van der Waals surface area contributed by atoms with Crippen molar-refractivity contribution in [3.8, 4) is 17.2 Å². The van der Waals surface area contributed by atoms with Crippen LogP contribution in [0.3, 0.4) is 0 Å². The summed E-state index contributed by atoms with van der Waals surface area (Å²) in [7, 11) is 1.59. The van der Waals surface area contributed by atoms with Crippen molar-refractivity contribution in [2.45, 2.75) is 6.54 Å². The third kappa shape index (κ3) is 3.32. The number of methoxy groups -OCH3 is 1. The van der Waals surface area contributed by atoms with Crippen LogP contribution in [0.2, 0.25) is 10.0 Å². The van der Waals surface area contributed by atoms with Crippen molar-refractivity contribution >= 4 is 23.2 Å². The monoisotopic (exact) mass is 297 g/mol. The van der Waals surface area contributed by atoms with Crippen LogP contribution in [-0.4, -0.2) is 7.11 Å². The lowest BCUT2D eigenvalue weighted by atomic mass is 10.2. The molecule has 100 valence electrons. The van der Waals surface area contributed by atoms with Gasteiger partial charge in [0.1, 0.15) is 17.2 Å². The fourth-order valence-corrected chi connectivity index (χ4v) is 1.92. The maximum absolute atomic E-state index is 6.07. The standard InChI is InChI=1S/C14H13Cl2NO2/c1-18-11-4-2-9(8-17)13(7-11)19-14-6-10(15)3-5-12(14)16/h2-7H,8,17H2,1H3. The molecule has 19 heavy (non-hydrogen) atoms. The number of benzene rings is 2. The molecule has 0 unspecified atom stereocenters. The van der Waals surface area contributed by atoms with E-state index >= 15 is 0 Å². The fourth-order valence-electron chi connectivity index (χ4n) is 1.60. The molecule has 0 saturated heterocycles. The molecule has 2 aromatic rings. The Morgan fingerprint density at radius 1 is 1.05 bits per heavy atom. The molecular weight excluding hydrogens is 285 g/mol. The van der Waals surface area contributed by atoms with Gasteiger partial charge in [-0.15, -0.1) is 0 Å². The summed E-state index contributed by atoms with van der Waals surface area (Å²) in [5.74, 6) is 1.77. The van der Waals surface area contributed by atoms with E-state index in [-0.39, 0.29) is 0 Å². The van der Waals surface area contributed by atoms with Gasteiger partial charge in [0.25, 0.3) is 0 Å². The molecule has 0 atom stereocenters. The highest BCUT2D eigenvalue weighted by Crippen LogP contribution is 2.34. The molecule has 2 aromatic carbocycles. The summed E-state index contributed by atoms with van der Waals surface area (Å²) in [5, 5.41) is 1.03. The van der Waals surface area contributed by atoms with Gasteiger partial charge in [-0.3, -0.25) is 0 Å². The first-order chi connectivity index (χ1) is 9.13. The molecule has 0 radical (unpaired) electrons. The van der Waals surface area contributed by atoms with Gasteiger partial charge in [0.2, 0.25) is 0 Å². The molecule has 0 aliphatic heterocycles. The molecule has 2 N–H and O–H groups in total. The molecular formula is C14H13Cl2NO2. The van der Waals surface area contributed by atoms with Crippen LogP contribution in [0.25, 0.3) is 0 Å². The van der Waals surface area contributed by atoms with Crippen LogP contribution in [0.5, 0.6) is 17.2 Å². The van der Waals surface area contributed by atoms with E-state index in [0.717, 1.165) is 5.56 Å². The molecule has 5 heteroatoms. The second-order valence-corrected chi connectivity index (χ2v) is 4.70. The SMILES string of the molecule is COc1ccc(CN)c(Oc2cc(Cl)ccc2Cl)c1. The molecule has 0 fully saturated rings. The molecule has 0 bridgehead atoms. The van der Waals surface area contributed by atoms with Crippen LogP contribution in [0, 0.1) is 0 Å². The Bertz CT molecular complexity index is 588. The predicted octanol–water partition coefficient (Wildman–Crippen LogP) is 4.25.